The summed E-state index contributed by atoms with van der Waals surface area (Å²) in [5.41, 5.74) is 5.40. The van der Waals surface area contributed by atoms with Gasteiger partial charge in [-0.15, -0.1) is 91.7 Å². The summed E-state index contributed by atoms with van der Waals surface area (Å²) in [5.74, 6) is 0. The van der Waals surface area contributed by atoms with Gasteiger partial charge in [-0.3, -0.25) is 0 Å². The van der Waals surface area contributed by atoms with Crippen molar-refractivity contribution in [3.8, 4) is 20.9 Å². The van der Waals surface area contributed by atoms with Gasteiger partial charge in [0.1, 0.15) is 0 Å². The van der Waals surface area contributed by atoms with Crippen LogP contribution in [-0.2, 0) is 20.8 Å². The minimum absolute atomic E-state index is 0.826. The molecule has 0 N–H and O–H groups in total. The van der Waals surface area contributed by atoms with E-state index >= 15 is 0 Å². The molecule has 5 heteroatoms. The van der Waals surface area contributed by atoms with E-state index in [9.17, 15) is 0 Å². The van der Waals surface area contributed by atoms with Crippen LogP contribution in [0.4, 0.5) is 0 Å². The van der Waals surface area contributed by atoms with Crippen molar-refractivity contribution in [1.29, 1.82) is 0 Å². The molecule has 6 aromatic rings. The molecule has 0 aliphatic carbocycles. The Labute approximate surface area is 221 Å². The summed E-state index contributed by atoms with van der Waals surface area (Å²) in [6, 6.07) is 30.6. The second kappa shape index (κ2) is 11.8. The molecule has 0 unspecified atom stereocenters. The molecule has 0 amide bonds. The summed E-state index contributed by atoms with van der Waals surface area (Å²) in [5, 5.41) is 9.69. The van der Waals surface area contributed by atoms with Crippen molar-refractivity contribution in [2.45, 2.75) is 13.8 Å². The van der Waals surface area contributed by atoms with Crippen molar-refractivity contribution in [3.05, 3.63) is 107 Å². The third kappa shape index (κ3) is 5.96. The summed E-state index contributed by atoms with van der Waals surface area (Å²) in [6.45, 7) is 4.30. The average molecular weight is 585 g/mol. The van der Waals surface area contributed by atoms with E-state index in [1.807, 2.05) is 0 Å². The Bertz CT molecular complexity index is 1310. The Morgan fingerprint density at radius 3 is 1.42 bits per heavy atom. The molecule has 6 rings (SSSR count). The molecular formula is C28H22Cl2S2Zr. The molecule has 0 aliphatic heterocycles. The number of benzene rings is 2. The Morgan fingerprint density at radius 2 is 1.06 bits per heavy atom. The first-order valence-corrected chi connectivity index (χ1v) is 18.6. The molecule has 0 radical (unpaired) electrons. The summed E-state index contributed by atoms with van der Waals surface area (Å²) in [6.07, 6.45) is 0. The topological polar surface area (TPSA) is 0 Å². The van der Waals surface area contributed by atoms with Gasteiger partial charge >= 0.3 is 37.9 Å². The van der Waals surface area contributed by atoms with E-state index in [1.165, 1.54) is 53.6 Å². The number of aryl methyl sites for hydroxylation is 2. The predicted molar refractivity (Wildman–Crippen MR) is 147 cm³/mol. The van der Waals surface area contributed by atoms with Gasteiger partial charge in [-0.25, -0.2) is 0 Å². The Morgan fingerprint density at radius 1 is 0.636 bits per heavy atom. The van der Waals surface area contributed by atoms with E-state index in [0.29, 0.717) is 0 Å². The molecule has 2 aromatic heterocycles. The standard InChI is InChI=1S/2C14H11S.2ClH.Zr/c2*1-10-8-11-4-2-5-12(13(11)9-10)14-6-3-7-15-14;;;/h2*2-9H,1H3;2*1H;/q2*-1;;;+4/p-2. The molecule has 164 valence electrons. The van der Waals surface area contributed by atoms with Gasteiger partial charge in [0, 0.05) is 9.75 Å². The molecule has 0 atom stereocenters. The molecule has 33 heavy (non-hydrogen) atoms. The van der Waals surface area contributed by atoms with E-state index in [1.54, 1.807) is 22.7 Å². The van der Waals surface area contributed by atoms with Gasteiger partial charge in [0.05, 0.1) is 0 Å². The molecule has 0 saturated carbocycles. The zero-order valence-corrected chi connectivity index (χ0v) is 23.9. The number of hydrogen-bond acceptors (Lipinski definition) is 2. The van der Waals surface area contributed by atoms with Crippen molar-refractivity contribution >= 4 is 61.2 Å². The fraction of sp³-hybridized carbons (Fsp3) is 0.0714. The molecule has 0 fully saturated rings. The molecule has 0 aliphatic rings. The van der Waals surface area contributed by atoms with Gasteiger partial charge in [-0.2, -0.15) is 12.1 Å². The number of rotatable bonds is 2. The number of thiophene rings is 2. The summed E-state index contributed by atoms with van der Waals surface area (Å²) in [4.78, 5) is 2.71. The molecular weight excluding hydrogens is 563 g/mol. The van der Waals surface area contributed by atoms with Crippen LogP contribution in [0.5, 0.6) is 0 Å². The fourth-order valence-corrected chi connectivity index (χ4v) is 5.59. The van der Waals surface area contributed by atoms with Gasteiger partial charge in [-0.05, 0) is 22.9 Å². The Hall–Kier alpha value is -1.48. The fourth-order valence-electron chi connectivity index (χ4n) is 4.06. The molecule has 0 bridgehead atoms. The Kier molecular flexibility index (Phi) is 8.80. The van der Waals surface area contributed by atoms with Crippen LogP contribution < -0.4 is 0 Å². The molecule has 4 aromatic carbocycles. The molecule has 0 nitrogen and oxygen atoms in total. The van der Waals surface area contributed by atoms with E-state index in [0.717, 1.165) is 0 Å². The van der Waals surface area contributed by atoms with Gasteiger partial charge in [-0.1, -0.05) is 49.2 Å². The number of halogens is 2. The third-order valence-electron chi connectivity index (χ3n) is 5.36. The first kappa shape index (κ1) is 24.6. The molecule has 0 spiro atoms. The normalized spacial score (nSPS) is 10.3. The van der Waals surface area contributed by atoms with Crippen molar-refractivity contribution in [2.75, 3.05) is 0 Å². The SMILES string of the molecule is Cc1cc2c(-c3cccs3)cccc2[cH-]1.Cc1cc2c(-c3cccs3)cccc2[cH-]1.[Cl][Zr+2][Cl]. The van der Waals surface area contributed by atoms with Crippen LogP contribution in [0.2, 0.25) is 0 Å². The second-order valence-electron chi connectivity index (χ2n) is 7.71. The van der Waals surface area contributed by atoms with E-state index in [-0.39, 0.29) is 0 Å². The van der Waals surface area contributed by atoms with Crippen LogP contribution in [0.15, 0.2) is 95.7 Å². The Balaban J connectivity index is 0.000000141. The van der Waals surface area contributed by atoms with E-state index in [2.05, 4.69) is 110 Å². The predicted octanol–water partition coefficient (Wildman–Crippen LogP) is 10.6. The number of hydrogen-bond donors (Lipinski definition) is 0. The van der Waals surface area contributed by atoms with Crippen LogP contribution in [0.3, 0.4) is 0 Å². The summed E-state index contributed by atoms with van der Waals surface area (Å²) < 4.78 is 0. The van der Waals surface area contributed by atoms with Crippen LogP contribution in [0, 0.1) is 13.8 Å². The van der Waals surface area contributed by atoms with Crippen LogP contribution in [0.25, 0.3) is 42.4 Å². The second-order valence-corrected chi connectivity index (χ2v) is 13.3. The van der Waals surface area contributed by atoms with Crippen molar-refractivity contribution in [3.63, 3.8) is 0 Å². The van der Waals surface area contributed by atoms with Gasteiger partial charge in [0.2, 0.25) is 0 Å². The first-order chi connectivity index (χ1) is 16.1. The maximum absolute atomic E-state index is 4.93. The zero-order chi connectivity index (χ0) is 23.2. The summed E-state index contributed by atoms with van der Waals surface area (Å²) in [7, 11) is 9.87. The van der Waals surface area contributed by atoms with Crippen molar-refractivity contribution in [1.82, 2.24) is 0 Å². The minimum atomic E-state index is -0.826. The van der Waals surface area contributed by atoms with Gasteiger partial charge < -0.3 is 0 Å². The van der Waals surface area contributed by atoms with Crippen LogP contribution >= 0.6 is 39.7 Å². The maximum atomic E-state index is 4.93. The number of fused-ring (bicyclic) bond motifs is 2. The van der Waals surface area contributed by atoms with Gasteiger partial charge in [0.15, 0.2) is 0 Å². The van der Waals surface area contributed by atoms with Crippen molar-refractivity contribution in [2.24, 2.45) is 0 Å². The molecule has 2 heterocycles. The van der Waals surface area contributed by atoms with E-state index < -0.39 is 20.8 Å². The summed E-state index contributed by atoms with van der Waals surface area (Å²) >= 11 is 2.77. The zero-order valence-electron chi connectivity index (χ0n) is 18.3. The van der Waals surface area contributed by atoms with Crippen LogP contribution in [-0.4, -0.2) is 0 Å². The quantitative estimate of drug-likeness (QED) is 0.178. The van der Waals surface area contributed by atoms with Crippen molar-refractivity contribution < 1.29 is 20.8 Å². The van der Waals surface area contributed by atoms with E-state index in [4.69, 9.17) is 17.0 Å². The average Bonchev–Trinajstić information content (AvgIpc) is 3.59. The van der Waals surface area contributed by atoms with Crippen LogP contribution in [0.1, 0.15) is 11.1 Å². The monoisotopic (exact) mass is 582 g/mol. The first-order valence-electron chi connectivity index (χ1n) is 10.5. The van der Waals surface area contributed by atoms with Gasteiger partial charge in [0.25, 0.3) is 0 Å². The molecule has 0 saturated heterocycles. The third-order valence-corrected chi connectivity index (χ3v) is 7.17.